The number of fused-ring (bicyclic) bond motifs is 1. The summed E-state index contributed by atoms with van der Waals surface area (Å²) >= 11 is 0. The van der Waals surface area contributed by atoms with E-state index in [9.17, 15) is 30.0 Å². The van der Waals surface area contributed by atoms with Gasteiger partial charge in [0.2, 0.25) is 0 Å². The van der Waals surface area contributed by atoms with Crippen molar-refractivity contribution in [1.29, 1.82) is 0 Å². The Hall–Kier alpha value is -1.44. The number of aliphatic carboxylic acids is 1. The molecule has 9 atom stereocenters. The number of aliphatic hydroxyl groups is 3. The number of carbonyl (C=O) groups is 2. The van der Waals surface area contributed by atoms with Crippen LogP contribution in [-0.2, 0) is 14.3 Å². The van der Waals surface area contributed by atoms with Crippen LogP contribution in [-0.4, -0.2) is 55.8 Å². The Kier molecular flexibility index (Phi) is 2.79. The summed E-state index contributed by atoms with van der Waals surface area (Å²) in [7, 11) is 0. The maximum absolute atomic E-state index is 12.8. The van der Waals surface area contributed by atoms with E-state index in [1.165, 1.54) is 6.92 Å². The van der Waals surface area contributed by atoms with Crippen molar-refractivity contribution in [3.05, 3.63) is 12.2 Å². The number of esters is 1. The molecule has 0 amide bonds. The molecule has 7 heteroatoms. The zero-order valence-electron chi connectivity index (χ0n) is 14.6. The fourth-order valence-electron chi connectivity index (χ4n) is 7.71. The number of aliphatic hydroxyl groups excluding tert-OH is 2. The highest BCUT2D eigenvalue weighted by atomic mass is 16.6. The van der Waals surface area contributed by atoms with Crippen LogP contribution < -0.4 is 0 Å². The highest BCUT2D eigenvalue weighted by molar-refractivity contribution is 5.85. The van der Waals surface area contributed by atoms with E-state index < -0.39 is 58.0 Å². The lowest BCUT2D eigenvalue weighted by molar-refractivity contribution is -0.165. The average Bonchev–Trinajstić information content (AvgIpc) is 2.96. The normalized spacial score (nSPS) is 59.8. The van der Waals surface area contributed by atoms with Crippen LogP contribution in [0.3, 0.4) is 0 Å². The van der Waals surface area contributed by atoms with Crippen LogP contribution in [0.1, 0.15) is 39.0 Å². The Morgan fingerprint density at radius 2 is 2.04 bits per heavy atom. The molecule has 7 nitrogen and oxygen atoms in total. The third-order valence-electron chi connectivity index (χ3n) is 8.57. The number of hydrogen-bond donors (Lipinski definition) is 4. The van der Waals surface area contributed by atoms with Gasteiger partial charge in [0, 0.05) is 18.3 Å². The first-order valence-corrected chi connectivity index (χ1v) is 9.26. The minimum atomic E-state index is -1.46. The predicted octanol–water partition coefficient (Wildman–Crippen LogP) is 0.222. The summed E-state index contributed by atoms with van der Waals surface area (Å²) < 4.78 is 5.87. The molecular formula is C19H24O7. The number of carboxylic acid groups (broad SMARTS) is 1. The highest BCUT2D eigenvalue weighted by Crippen LogP contribution is 2.78. The molecule has 1 aliphatic heterocycles. The van der Waals surface area contributed by atoms with Gasteiger partial charge in [0.15, 0.2) is 0 Å². The lowest BCUT2D eigenvalue weighted by Crippen LogP contribution is -2.59. The Labute approximate surface area is 150 Å². The van der Waals surface area contributed by atoms with E-state index in [2.05, 4.69) is 6.58 Å². The molecule has 0 aromatic carbocycles. The molecular weight excluding hydrogens is 340 g/mol. The second kappa shape index (κ2) is 4.34. The topological polar surface area (TPSA) is 124 Å². The molecule has 1 saturated heterocycles. The van der Waals surface area contributed by atoms with Crippen LogP contribution in [0, 0.1) is 28.6 Å². The van der Waals surface area contributed by atoms with E-state index >= 15 is 0 Å². The van der Waals surface area contributed by atoms with Gasteiger partial charge in [0.1, 0.15) is 11.0 Å². The molecule has 142 valence electrons. The van der Waals surface area contributed by atoms with Crippen LogP contribution in [0.4, 0.5) is 0 Å². The lowest BCUT2D eigenvalue weighted by atomic mass is 9.58. The predicted molar refractivity (Wildman–Crippen MR) is 86.7 cm³/mol. The number of carbonyl (C=O) groups excluding carboxylic acids is 1. The van der Waals surface area contributed by atoms with Gasteiger partial charge in [-0.15, -0.1) is 0 Å². The Morgan fingerprint density at radius 3 is 2.69 bits per heavy atom. The van der Waals surface area contributed by atoms with Crippen LogP contribution in [0.15, 0.2) is 12.2 Å². The maximum atomic E-state index is 12.8. The van der Waals surface area contributed by atoms with Crippen molar-refractivity contribution in [3.63, 3.8) is 0 Å². The van der Waals surface area contributed by atoms with Crippen molar-refractivity contribution in [2.45, 2.75) is 62.4 Å². The minimum absolute atomic E-state index is 0.0429. The van der Waals surface area contributed by atoms with Crippen LogP contribution in [0.25, 0.3) is 0 Å². The van der Waals surface area contributed by atoms with Gasteiger partial charge >= 0.3 is 11.9 Å². The van der Waals surface area contributed by atoms with E-state index in [4.69, 9.17) is 4.74 Å². The van der Waals surface area contributed by atoms with Crippen molar-refractivity contribution < 1.29 is 34.8 Å². The van der Waals surface area contributed by atoms with Gasteiger partial charge in [-0.2, -0.15) is 0 Å². The van der Waals surface area contributed by atoms with Crippen LogP contribution in [0.2, 0.25) is 0 Å². The van der Waals surface area contributed by atoms with Gasteiger partial charge in [0.05, 0.1) is 23.7 Å². The van der Waals surface area contributed by atoms with E-state index in [-0.39, 0.29) is 12.3 Å². The average molecular weight is 364 g/mol. The molecule has 4 aliphatic carbocycles. The zero-order valence-corrected chi connectivity index (χ0v) is 14.6. The van der Waals surface area contributed by atoms with Crippen molar-refractivity contribution in [2.24, 2.45) is 28.6 Å². The molecule has 1 heterocycles. The summed E-state index contributed by atoms with van der Waals surface area (Å²) in [5, 5.41) is 42.2. The lowest BCUT2D eigenvalue weighted by Gasteiger charge is -2.47. The summed E-state index contributed by atoms with van der Waals surface area (Å²) in [6.07, 6.45) is -0.827. The van der Waals surface area contributed by atoms with E-state index in [0.29, 0.717) is 31.3 Å². The summed E-state index contributed by atoms with van der Waals surface area (Å²) in [4.78, 5) is 25.2. The van der Waals surface area contributed by atoms with Crippen molar-refractivity contribution in [3.8, 4) is 0 Å². The summed E-state index contributed by atoms with van der Waals surface area (Å²) in [6.45, 7) is 5.53. The van der Waals surface area contributed by atoms with Gasteiger partial charge in [0.25, 0.3) is 0 Å². The molecule has 5 fully saturated rings. The molecule has 5 aliphatic rings. The SMILES string of the molecule is C=C1C[C@]23C[C@@]1(O)CC[C@H]2C12CC(O)[C@H](O)[C@](C)(C(=O)O1)[C@H]2[C@@H]3C(=O)O. The van der Waals surface area contributed by atoms with Gasteiger partial charge in [-0.3, -0.25) is 9.59 Å². The highest BCUT2D eigenvalue weighted by Gasteiger charge is 2.85. The monoisotopic (exact) mass is 364 g/mol. The third-order valence-corrected chi connectivity index (χ3v) is 8.57. The molecule has 2 unspecified atom stereocenters. The number of hydrogen-bond acceptors (Lipinski definition) is 6. The van der Waals surface area contributed by atoms with Crippen LogP contribution >= 0.6 is 0 Å². The molecule has 0 aromatic heterocycles. The second-order valence-corrected chi connectivity index (χ2v) is 9.45. The summed E-state index contributed by atoms with van der Waals surface area (Å²) in [5.74, 6) is -3.58. The maximum Gasteiger partial charge on any atom is 0.315 e. The fourth-order valence-corrected chi connectivity index (χ4v) is 7.71. The van der Waals surface area contributed by atoms with E-state index in [0.717, 1.165) is 0 Å². The molecule has 4 bridgehead atoms. The molecule has 5 rings (SSSR count). The molecule has 4 saturated carbocycles. The number of carboxylic acids is 1. The fraction of sp³-hybridized carbons (Fsp3) is 0.789. The zero-order chi connectivity index (χ0) is 18.9. The molecule has 0 radical (unpaired) electrons. The molecule has 4 N–H and O–H groups in total. The van der Waals surface area contributed by atoms with E-state index in [1.54, 1.807) is 0 Å². The molecule has 1 spiro atoms. The Bertz CT molecular complexity index is 763. The first-order chi connectivity index (χ1) is 12.0. The molecule has 26 heavy (non-hydrogen) atoms. The summed E-state index contributed by atoms with van der Waals surface area (Å²) in [5.41, 5.74) is -3.74. The smallest absolute Gasteiger partial charge is 0.315 e. The molecule has 0 aromatic rings. The van der Waals surface area contributed by atoms with Gasteiger partial charge in [-0.25, -0.2) is 0 Å². The van der Waals surface area contributed by atoms with Crippen molar-refractivity contribution >= 4 is 11.9 Å². The van der Waals surface area contributed by atoms with Crippen molar-refractivity contribution in [1.82, 2.24) is 0 Å². The van der Waals surface area contributed by atoms with Gasteiger partial charge in [-0.05, 0) is 43.6 Å². The summed E-state index contributed by atoms with van der Waals surface area (Å²) in [6, 6.07) is 0. The van der Waals surface area contributed by atoms with E-state index in [1.807, 2.05) is 0 Å². The van der Waals surface area contributed by atoms with Gasteiger partial charge in [-0.1, -0.05) is 6.58 Å². The number of ether oxygens (including phenoxy) is 1. The minimum Gasteiger partial charge on any atom is -0.481 e. The second-order valence-electron chi connectivity index (χ2n) is 9.45. The van der Waals surface area contributed by atoms with Crippen LogP contribution in [0.5, 0.6) is 0 Å². The standard InChI is InChI=1S/C19H24O7/c1-8-5-17-7-18(8,25)4-3-10(17)19-6-9(20)13(21)16(2,15(24)26-19)12(19)11(17)14(22)23/h9-13,20-21,25H,1,3-7H2,2H3,(H,22,23)/t9?,10-,11-,12-,13+,16-,17+,18+,19?/m1/s1. The first-order valence-electron chi connectivity index (χ1n) is 9.26. The third kappa shape index (κ3) is 1.43. The first kappa shape index (κ1) is 16.7. The quantitative estimate of drug-likeness (QED) is 0.388. The largest absolute Gasteiger partial charge is 0.481 e. The van der Waals surface area contributed by atoms with Gasteiger partial charge < -0.3 is 25.2 Å². The van der Waals surface area contributed by atoms with Crippen molar-refractivity contribution in [2.75, 3.05) is 0 Å². The Morgan fingerprint density at radius 1 is 1.35 bits per heavy atom. The Balaban J connectivity index is 1.77. The number of rotatable bonds is 1.